The van der Waals surface area contributed by atoms with Crippen LogP contribution < -0.4 is 10.4 Å². The van der Waals surface area contributed by atoms with E-state index in [1.54, 1.807) is 11.3 Å². The van der Waals surface area contributed by atoms with Gasteiger partial charge in [0, 0.05) is 10.6 Å². The van der Waals surface area contributed by atoms with Crippen LogP contribution in [-0.2, 0) is 17.6 Å². The van der Waals surface area contributed by atoms with E-state index in [1.807, 2.05) is 6.26 Å². The highest BCUT2D eigenvalue weighted by molar-refractivity contribution is 7.98. The molecule has 3 rings (SSSR count). The molecule has 106 valence electrons. The van der Waals surface area contributed by atoms with Gasteiger partial charge in [-0.3, -0.25) is 0 Å². The highest BCUT2D eigenvalue weighted by Gasteiger charge is 2.22. The number of anilines is 1. The first-order valence-electron chi connectivity index (χ1n) is 6.42. The average Bonchev–Trinajstić information content (AvgIpc) is 2.98. The second kappa shape index (κ2) is 5.57. The van der Waals surface area contributed by atoms with Crippen LogP contribution in [0.5, 0.6) is 0 Å². The summed E-state index contributed by atoms with van der Waals surface area (Å²) in [5.41, 5.74) is 1.29. The molecule has 0 aromatic carbocycles. The molecule has 7 heteroatoms. The Morgan fingerprint density at radius 1 is 1.55 bits per heavy atom. The maximum atomic E-state index is 11.2. The average molecular weight is 308 g/mol. The molecule has 0 spiro atoms. The number of carboxylic acid groups (broad SMARTS) is 1. The molecule has 2 heterocycles. The van der Waals surface area contributed by atoms with Gasteiger partial charge in [0.25, 0.3) is 0 Å². The van der Waals surface area contributed by atoms with E-state index in [1.165, 1.54) is 28.5 Å². The molecule has 0 radical (unpaired) electrons. The molecule has 0 saturated carbocycles. The Morgan fingerprint density at radius 2 is 2.40 bits per heavy atom. The normalized spacial score (nSPS) is 15.2. The third-order valence-electron chi connectivity index (χ3n) is 3.43. The number of aliphatic carboxylic acids is 1. The number of carbonyl (C=O) groups is 1. The van der Waals surface area contributed by atoms with E-state index in [2.05, 4.69) is 15.3 Å². The van der Waals surface area contributed by atoms with Crippen LogP contribution in [0.15, 0.2) is 6.33 Å². The van der Waals surface area contributed by atoms with Crippen molar-refractivity contribution in [3.63, 3.8) is 0 Å². The Hall–Kier alpha value is -1.34. The lowest BCUT2D eigenvalue weighted by molar-refractivity contribution is -0.306. The van der Waals surface area contributed by atoms with E-state index < -0.39 is 12.0 Å². The zero-order chi connectivity index (χ0) is 14.1. The first-order chi connectivity index (χ1) is 9.70. The smallest absolute Gasteiger partial charge is 0.139 e. The Bertz CT molecular complexity index is 656. The third kappa shape index (κ3) is 2.35. The number of carbonyl (C=O) groups excluding carboxylic acids is 1. The van der Waals surface area contributed by atoms with Gasteiger partial charge >= 0.3 is 0 Å². The molecule has 0 fully saturated rings. The molecule has 5 nitrogen and oxygen atoms in total. The summed E-state index contributed by atoms with van der Waals surface area (Å²) in [6.45, 7) is 0. The lowest BCUT2D eigenvalue weighted by Crippen LogP contribution is -2.42. The van der Waals surface area contributed by atoms with Gasteiger partial charge in [0.1, 0.15) is 17.0 Å². The summed E-state index contributed by atoms with van der Waals surface area (Å²) in [5.74, 6) is -0.0317. The number of aryl methyl sites for hydroxylation is 2. The van der Waals surface area contributed by atoms with Crippen molar-refractivity contribution in [2.75, 3.05) is 17.3 Å². The zero-order valence-corrected chi connectivity index (χ0v) is 12.6. The second-order valence-corrected chi connectivity index (χ2v) is 6.73. The van der Waals surface area contributed by atoms with E-state index in [0.29, 0.717) is 11.6 Å². The van der Waals surface area contributed by atoms with E-state index in [4.69, 9.17) is 0 Å². The first kappa shape index (κ1) is 13.6. The van der Waals surface area contributed by atoms with Gasteiger partial charge in [0.15, 0.2) is 0 Å². The predicted molar refractivity (Wildman–Crippen MR) is 80.2 cm³/mol. The number of nitrogens with zero attached hydrogens (tertiary/aromatic N) is 2. The van der Waals surface area contributed by atoms with Crippen molar-refractivity contribution in [3.8, 4) is 0 Å². The molecule has 0 bridgehead atoms. The molecule has 20 heavy (non-hydrogen) atoms. The van der Waals surface area contributed by atoms with Gasteiger partial charge in [0.05, 0.1) is 17.4 Å². The van der Waals surface area contributed by atoms with E-state index >= 15 is 0 Å². The maximum absolute atomic E-state index is 11.2. The zero-order valence-electron chi connectivity index (χ0n) is 11.0. The van der Waals surface area contributed by atoms with Crippen LogP contribution in [0.2, 0.25) is 0 Å². The molecule has 1 atom stereocenters. The molecule has 0 unspecified atom stereocenters. The van der Waals surface area contributed by atoms with Crippen molar-refractivity contribution in [2.45, 2.75) is 25.3 Å². The number of thioether (sulfide) groups is 1. The minimum atomic E-state index is -1.10. The van der Waals surface area contributed by atoms with Crippen LogP contribution in [0.1, 0.15) is 16.9 Å². The van der Waals surface area contributed by atoms with Crippen LogP contribution in [0.25, 0.3) is 10.2 Å². The van der Waals surface area contributed by atoms with Crippen molar-refractivity contribution < 1.29 is 9.90 Å². The minimum Gasteiger partial charge on any atom is -0.548 e. The van der Waals surface area contributed by atoms with Crippen molar-refractivity contribution in [1.29, 1.82) is 0 Å². The third-order valence-corrected chi connectivity index (χ3v) is 5.30. The number of hydrogen-bond donors (Lipinski definition) is 1. The number of thiophene rings is 1. The summed E-state index contributed by atoms with van der Waals surface area (Å²) in [6.07, 6.45) is 6.62. The largest absolute Gasteiger partial charge is 0.548 e. The Morgan fingerprint density at radius 3 is 3.15 bits per heavy atom. The maximum Gasteiger partial charge on any atom is 0.139 e. The number of carboxylic acids is 1. The van der Waals surface area contributed by atoms with Crippen LogP contribution in [-0.4, -0.2) is 34.0 Å². The van der Waals surface area contributed by atoms with Crippen LogP contribution >= 0.6 is 23.1 Å². The lowest BCUT2D eigenvalue weighted by atomic mass is 10.2. The summed E-state index contributed by atoms with van der Waals surface area (Å²) < 4.78 is 0. The summed E-state index contributed by atoms with van der Waals surface area (Å²) >= 11 is 3.16. The predicted octanol–water partition coefficient (Wildman–Crippen LogP) is 1.07. The fourth-order valence-corrected chi connectivity index (χ4v) is 4.32. The van der Waals surface area contributed by atoms with Crippen molar-refractivity contribution >= 4 is 45.1 Å². The van der Waals surface area contributed by atoms with Crippen molar-refractivity contribution in [2.24, 2.45) is 0 Å². The molecule has 1 N–H and O–H groups in total. The molecule has 1 aliphatic rings. The number of rotatable bonds is 5. The van der Waals surface area contributed by atoms with Gasteiger partial charge in [-0.25, -0.2) is 9.97 Å². The fourth-order valence-electron chi connectivity index (χ4n) is 2.54. The highest BCUT2D eigenvalue weighted by Crippen LogP contribution is 2.39. The van der Waals surface area contributed by atoms with Crippen LogP contribution in [0.4, 0.5) is 5.82 Å². The van der Waals surface area contributed by atoms with Crippen LogP contribution in [0, 0.1) is 0 Å². The van der Waals surface area contributed by atoms with Gasteiger partial charge in [-0.05, 0) is 31.1 Å². The van der Waals surface area contributed by atoms with Gasteiger partial charge < -0.3 is 15.2 Å². The second-order valence-electron chi connectivity index (χ2n) is 4.73. The van der Waals surface area contributed by atoms with Crippen molar-refractivity contribution in [1.82, 2.24) is 9.97 Å². The van der Waals surface area contributed by atoms with Crippen LogP contribution in [0.3, 0.4) is 0 Å². The quantitative estimate of drug-likeness (QED) is 0.890. The SMILES string of the molecule is CSC[C@@H](Nc1ncnc2sc3c(c12)CCC3)C(=O)[O-]. The van der Waals surface area contributed by atoms with E-state index in [0.717, 1.165) is 29.5 Å². The number of fused-ring (bicyclic) bond motifs is 3. The van der Waals surface area contributed by atoms with Crippen molar-refractivity contribution in [3.05, 3.63) is 16.8 Å². The summed E-state index contributed by atoms with van der Waals surface area (Å²) in [5, 5.41) is 15.2. The van der Waals surface area contributed by atoms with E-state index in [-0.39, 0.29) is 0 Å². The summed E-state index contributed by atoms with van der Waals surface area (Å²) in [7, 11) is 0. The number of hydrogen-bond acceptors (Lipinski definition) is 7. The minimum absolute atomic E-state index is 0.445. The van der Waals surface area contributed by atoms with Gasteiger partial charge in [0.2, 0.25) is 0 Å². The molecule has 2 aromatic rings. The van der Waals surface area contributed by atoms with E-state index in [9.17, 15) is 9.90 Å². The molecule has 1 aliphatic carbocycles. The monoisotopic (exact) mass is 308 g/mol. The number of aromatic nitrogens is 2. The summed E-state index contributed by atoms with van der Waals surface area (Å²) in [4.78, 5) is 22.0. The Balaban J connectivity index is 2.00. The molecule has 0 aliphatic heterocycles. The molecule has 0 amide bonds. The molecular formula is C13H14N3O2S2-. The Labute approximate surface area is 124 Å². The molecule has 2 aromatic heterocycles. The highest BCUT2D eigenvalue weighted by atomic mass is 32.2. The standard InChI is InChI=1S/C13H15N3O2S2/c1-19-5-8(13(17)18)16-11-10-7-3-2-4-9(7)20-12(10)15-6-14-11/h6,8H,2-5H2,1H3,(H,17,18)(H,14,15,16)/p-1/t8-/m1/s1. The Kier molecular flexibility index (Phi) is 3.80. The number of nitrogens with one attached hydrogen (secondary N) is 1. The summed E-state index contributed by atoms with van der Waals surface area (Å²) in [6, 6.07) is -0.736. The topological polar surface area (TPSA) is 77.9 Å². The molecular weight excluding hydrogens is 294 g/mol. The van der Waals surface area contributed by atoms with Gasteiger partial charge in [-0.2, -0.15) is 11.8 Å². The fraction of sp³-hybridized carbons (Fsp3) is 0.462. The first-order valence-corrected chi connectivity index (χ1v) is 8.63. The molecule has 0 saturated heterocycles. The lowest BCUT2D eigenvalue weighted by Gasteiger charge is -2.19. The van der Waals surface area contributed by atoms with Gasteiger partial charge in [-0.15, -0.1) is 11.3 Å². The van der Waals surface area contributed by atoms with Gasteiger partial charge in [-0.1, -0.05) is 0 Å².